The third-order valence-electron chi connectivity index (χ3n) is 4.00. The van der Waals surface area contributed by atoms with Gasteiger partial charge in [0, 0.05) is 28.4 Å². The number of carbonyl (C=O) groups is 2. The molecule has 0 aliphatic heterocycles. The van der Waals surface area contributed by atoms with Crippen molar-refractivity contribution in [3.05, 3.63) is 58.2 Å². The summed E-state index contributed by atoms with van der Waals surface area (Å²) in [4.78, 5) is 24.4. The Bertz CT molecular complexity index is 994. The minimum absolute atomic E-state index is 0.178. The van der Waals surface area contributed by atoms with E-state index in [9.17, 15) is 14.0 Å². The van der Waals surface area contributed by atoms with Gasteiger partial charge in [0.05, 0.1) is 4.88 Å². The van der Waals surface area contributed by atoms with E-state index < -0.39 is 0 Å². The molecule has 0 bridgehead atoms. The molecule has 3 rings (SSSR count). The lowest BCUT2D eigenvalue weighted by Gasteiger charge is -2.12. The van der Waals surface area contributed by atoms with Crippen LogP contribution in [0.2, 0.25) is 0 Å². The lowest BCUT2D eigenvalue weighted by molar-refractivity contribution is -0.114. The fraction of sp³-hybridized carbons (Fsp3) is 0.158. The highest BCUT2D eigenvalue weighted by molar-refractivity contribution is 7.21. The van der Waals surface area contributed by atoms with E-state index in [0.29, 0.717) is 27.2 Å². The number of fused-ring (bicyclic) bond motifs is 1. The quantitative estimate of drug-likeness (QED) is 0.703. The van der Waals surface area contributed by atoms with Crippen molar-refractivity contribution in [2.75, 3.05) is 10.6 Å². The topological polar surface area (TPSA) is 58.2 Å². The maximum atomic E-state index is 14.0. The Labute approximate surface area is 148 Å². The van der Waals surface area contributed by atoms with Crippen molar-refractivity contribution >= 4 is 44.6 Å². The molecule has 0 aliphatic carbocycles. The van der Waals surface area contributed by atoms with Crippen molar-refractivity contribution in [2.24, 2.45) is 0 Å². The second-order valence-electron chi connectivity index (χ2n) is 5.78. The highest BCUT2D eigenvalue weighted by atomic mass is 32.1. The zero-order valence-electron chi connectivity index (χ0n) is 14.1. The van der Waals surface area contributed by atoms with E-state index in [2.05, 4.69) is 10.6 Å². The van der Waals surface area contributed by atoms with E-state index in [-0.39, 0.29) is 17.6 Å². The first kappa shape index (κ1) is 17.1. The van der Waals surface area contributed by atoms with Crippen LogP contribution in [0.5, 0.6) is 0 Å². The number of amides is 2. The Morgan fingerprint density at radius 2 is 1.60 bits per heavy atom. The Morgan fingerprint density at radius 3 is 2.24 bits per heavy atom. The van der Waals surface area contributed by atoms with Gasteiger partial charge in [-0.1, -0.05) is 12.1 Å². The van der Waals surface area contributed by atoms with Crippen LogP contribution in [0.25, 0.3) is 10.1 Å². The summed E-state index contributed by atoms with van der Waals surface area (Å²) in [6.07, 6.45) is 0. The van der Waals surface area contributed by atoms with Gasteiger partial charge in [-0.05, 0) is 49.2 Å². The summed E-state index contributed by atoms with van der Waals surface area (Å²) in [6, 6.07) is 10.1. The number of nitrogens with one attached hydrogen (secondary N) is 2. The summed E-state index contributed by atoms with van der Waals surface area (Å²) in [5, 5.41) is 6.08. The summed E-state index contributed by atoms with van der Waals surface area (Å²) in [5.41, 5.74) is 2.64. The number of hydrogen-bond donors (Lipinski definition) is 2. The number of halogens is 1. The first-order valence-corrected chi connectivity index (χ1v) is 8.56. The molecule has 0 atom stereocenters. The number of anilines is 2. The van der Waals surface area contributed by atoms with Crippen LogP contribution in [0, 0.1) is 19.7 Å². The average molecular weight is 356 g/mol. The van der Waals surface area contributed by atoms with Gasteiger partial charge in [-0.2, -0.15) is 0 Å². The Kier molecular flexibility index (Phi) is 4.55. The highest BCUT2D eigenvalue weighted by Crippen LogP contribution is 2.33. The number of rotatable bonds is 3. The van der Waals surface area contributed by atoms with E-state index in [1.54, 1.807) is 37.3 Å². The van der Waals surface area contributed by atoms with Gasteiger partial charge in [-0.25, -0.2) is 4.39 Å². The van der Waals surface area contributed by atoms with Crippen LogP contribution in [0.3, 0.4) is 0 Å². The van der Waals surface area contributed by atoms with Gasteiger partial charge < -0.3 is 10.6 Å². The summed E-state index contributed by atoms with van der Waals surface area (Å²) in [6.45, 7) is 5.00. The van der Waals surface area contributed by atoms with E-state index in [1.807, 2.05) is 6.92 Å². The Balaban J connectivity index is 1.95. The molecule has 128 valence electrons. The van der Waals surface area contributed by atoms with Gasteiger partial charge in [0.15, 0.2) is 0 Å². The molecule has 0 saturated carbocycles. The van der Waals surface area contributed by atoms with Gasteiger partial charge in [-0.15, -0.1) is 11.3 Å². The molecule has 4 nitrogen and oxygen atoms in total. The zero-order chi connectivity index (χ0) is 18.1. The molecule has 2 aromatic carbocycles. The van der Waals surface area contributed by atoms with Crippen molar-refractivity contribution in [1.82, 2.24) is 0 Å². The van der Waals surface area contributed by atoms with Crippen molar-refractivity contribution in [2.45, 2.75) is 20.8 Å². The molecule has 0 aliphatic rings. The molecule has 0 fully saturated rings. The number of aryl methyl sites for hydroxylation is 1. The third kappa shape index (κ3) is 3.25. The predicted molar refractivity (Wildman–Crippen MR) is 100.0 cm³/mol. The molecule has 2 amide bonds. The number of thiophene rings is 1. The molecular weight excluding hydrogens is 339 g/mol. The van der Waals surface area contributed by atoms with E-state index in [0.717, 1.165) is 10.3 Å². The minimum atomic E-state index is -0.325. The lowest BCUT2D eigenvalue weighted by atomic mass is 10.1. The molecule has 0 unspecified atom stereocenters. The monoisotopic (exact) mass is 356 g/mol. The van der Waals surface area contributed by atoms with Crippen LogP contribution >= 0.6 is 11.3 Å². The molecule has 3 aromatic rings. The van der Waals surface area contributed by atoms with Crippen LogP contribution < -0.4 is 10.6 Å². The van der Waals surface area contributed by atoms with Gasteiger partial charge in [0.25, 0.3) is 5.91 Å². The standard InChI is InChI=1S/C19H17FN2O2S/c1-10-14(21-12(3)23)7-5-8-15(10)22-19(24)18-11(2)17-13(20)6-4-9-16(17)25-18/h4-9H,1-3H3,(H,21,23)(H,22,24). The summed E-state index contributed by atoms with van der Waals surface area (Å²) < 4.78 is 14.8. The highest BCUT2D eigenvalue weighted by Gasteiger charge is 2.18. The second-order valence-corrected chi connectivity index (χ2v) is 6.83. The smallest absolute Gasteiger partial charge is 0.266 e. The first-order chi connectivity index (χ1) is 11.9. The SMILES string of the molecule is CC(=O)Nc1cccc(NC(=O)c2sc3cccc(F)c3c2C)c1C. The van der Waals surface area contributed by atoms with E-state index in [1.165, 1.54) is 24.3 Å². The molecule has 1 aromatic heterocycles. The van der Waals surface area contributed by atoms with Gasteiger partial charge in [0.1, 0.15) is 5.82 Å². The van der Waals surface area contributed by atoms with Crippen molar-refractivity contribution in [1.29, 1.82) is 0 Å². The van der Waals surface area contributed by atoms with Crippen LogP contribution in [-0.4, -0.2) is 11.8 Å². The van der Waals surface area contributed by atoms with Crippen LogP contribution in [0.1, 0.15) is 27.7 Å². The van der Waals surface area contributed by atoms with Gasteiger partial charge >= 0.3 is 0 Å². The normalized spacial score (nSPS) is 10.7. The van der Waals surface area contributed by atoms with E-state index in [4.69, 9.17) is 0 Å². The minimum Gasteiger partial charge on any atom is -0.326 e. The maximum Gasteiger partial charge on any atom is 0.266 e. The molecule has 25 heavy (non-hydrogen) atoms. The largest absolute Gasteiger partial charge is 0.326 e. The third-order valence-corrected chi connectivity index (χ3v) is 5.26. The Morgan fingerprint density at radius 1 is 0.960 bits per heavy atom. The van der Waals surface area contributed by atoms with E-state index >= 15 is 0 Å². The molecule has 6 heteroatoms. The maximum absolute atomic E-state index is 14.0. The number of carbonyl (C=O) groups excluding carboxylic acids is 2. The van der Waals surface area contributed by atoms with Gasteiger partial charge in [0.2, 0.25) is 5.91 Å². The summed E-state index contributed by atoms with van der Waals surface area (Å²) >= 11 is 1.26. The lowest BCUT2D eigenvalue weighted by Crippen LogP contribution is -2.14. The fourth-order valence-electron chi connectivity index (χ4n) is 2.75. The van der Waals surface area contributed by atoms with Gasteiger partial charge in [-0.3, -0.25) is 9.59 Å². The zero-order valence-corrected chi connectivity index (χ0v) is 14.9. The number of benzene rings is 2. The fourth-order valence-corrected chi connectivity index (χ4v) is 3.86. The van der Waals surface area contributed by atoms with Crippen LogP contribution in [-0.2, 0) is 4.79 Å². The first-order valence-electron chi connectivity index (χ1n) is 7.74. The molecule has 1 heterocycles. The summed E-state index contributed by atoms with van der Waals surface area (Å²) in [5.74, 6) is -0.794. The molecule has 0 radical (unpaired) electrons. The predicted octanol–water partition coefficient (Wildman–Crippen LogP) is 4.87. The summed E-state index contributed by atoms with van der Waals surface area (Å²) in [7, 11) is 0. The molecule has 0 saturated heterocycles. The average Bonchev–Trinajstić information content (AvgIpc) is 2.89. The second kappa shape index (κ2) is 6.64. The Hall–Kier alpha value is -2.73. The molecular formula is C19H17FN2O2S. The van der Waals surface area contributed by atoms with Crippen molar-refractivity contribution in [3.63, 3.8) is 0 Å². The van der Waals surface area contributed by atoms with Crippen LogP contribution in [0.4, 0.5) is 15.8 Å². The number of hydrogen-bond acceptors (Lipinski definition) is 3. The van der Waals surface area contributed by atoms with Crippen molar-refractivity contribution in [3.8, 4) is 0 Å². The molecule has 2 N–H and O–H groups in total. The molecule has 0 spiro atoms. The van der Waals surface area contributed by atoms with Crippen LogP contribution in [0.15, 0.2) is 36.4 Å². The van der Waals surface area contributed by atoms with Crippen molar-refractivity contribution < 1.29 is 14.0 Å².